The first-order chi connectivity index (χ1) is 18.7. The number of aromatic nitrogens is 6. The summed E-state index contributed by atoms with van der Waals surface area (Å²) in [5.74, 6) is -0.631. The third kappa shape index (κ3) is 6.82. The zero-order valence-corrected chi connectivity index (χ0v) is 21.1. The van der Waals surface area contributed by atoms with Gasteiger partial charge in [0.1, 0.15) is 9.79 Å². The summed E-state index contributed by atoms with van der Waals surface area (Å²) in [5, 5.41) is 5.01. The van der Waals surface area contributed by atoms with E-state index in [0.717, 1.165) is 24.3 Å². The molecule has 0 spiro atoms. The van der Waals surface area contributed by atoms with Crippen molar-refractivity contribution in [2.45, 2.75) is 9.79 Å². The van der Waals surface area contributed by atoms with Crippen molar-refractivity contribution in [1.82, 2.24) is 29.9 Å². The van der Waals surface area contributed by atoms with Crippen LogP contribution in [-0.2, 0) is 20.2 Å². The number of hydrogen-bond donors (Lipinski definition) is 8. The van der Waals surface area contributed by atoms with Crippen LogP contribution in [0.1, 0.15) is 11.1 Å². The van der Waals surface area contributed by atoms with Crippen LogP contribution in [0.4, 0.5) is 23.3 Å². The first kappa shape index (κ1) is 27.8. The van der Waals surface area contributed by atoms with Crippen molar-refractivity contribution >= 4 is 55.7 Å². The van der Waals surface area contributed by atoms with Crippen molar-refractivity contribution in [3.05, 3.63) is 89.5 Å². The molecule has 2 heterocycles. The van der Waals surface area contributed by atoms with Gasteiger partial charge >= 0.3 is 22.8 Å². The predicted octanol–water partition coefficient (Wildman–Crippen LogP) is -0.619. The molecule has 2 aromatic carbocycles. The molecular weight excluding hydrogens is 576 g/mol. The van der Waals surface area contributed by atoms with Gasteiger partial charge in [-0.1, -0.05) is 24.3 Å². The van der Waals surface area contributed by atoms with Crippen molar-refractivity contribution in [2.75, 3.05) is 10.6 Å². The fraction of sp³-hybridized carbons (Fsp3) is 0. The number of benzene rings is 2. The lowest BCUT2D eigenvalue weighted by atomic mass is 10.1. The Kier molecular flexibility index (Phi) is 7.33. The van der Waals surface area contributed by atoms with E-state index in [1.165, 1.54) is 24.3 Å². The molecule has 0 aliphatic heterocycles. The van der Waals surface area contributed by atoms with Gasteiger partial charge in [-0.15, -0.1) is 0 Å². The molecule has 0 fully saturated rings. The topological polar surface area (TPSA) is 290 Å². The number of nitrogens with zero attached hydrogens (tertiary/aromatic N) is 2. The summed E-state index contributed by atoms with van der Waals surface area (Å²) < 4.78 is 67.6. The predicted molar refractivity (Wildman–Crippen MR) is 139 cm³/mol. The molecule has 0 aliphatic rings. The van der Waals surface area contributed by atoms with Crippen LogP contribution in [-0.4, -0.2) is 55.8 Å². The maximum Gasteiger partial charge on any atom is 0.352 e. The Balaban J connectivity index is 1.71. The van der Waals surface area contributed by atoms with Gasteiger partial charge in [-0.2, -0.15) is 26.8 Å². The third-order valence-electron chi connectivity index (χ3n) is 4.88. The van der Waals surface area contributed by atoms with Crippen LogP contribution in [0.5, 0.6) is 0 Å². The van der Waals surface area contributed by atoms with Gasteiger partial charge in [-0.3, -0.25) is 29.0 Å². The van der Waals surface area contributed by atoms with E-state index in [1.807, 2.05) is 9.97 Å². The Bertz CT molecular complexity index is 1900. The molecule has 40 heavy (non-hydrogen) atoms. The van der Waals surface area contributed by atoms with E-state index in [4.69, 9.17) is 0 Å². The highest BCUT2D eigenvalue weighted by Gasteiger charge is 2.18. The van der Waals surface area contributed by atoms with Crippen molar-refractivity contribution < 1.29 is 25.9 Å². The van der Waals surface area contributed by atoms with Gasteiger partial charge in [0.05, 0.1) is 0 Å². The second-order valence-corrected chi connectivity index (χ2v) is 10.5. The standard InChI is InChI=1S/C20H16N8O10S2/c29-17-23-15(24-18(30)27-17)21-11-5-3-9(13(7-11)39(33,34)35)1-2-10-4-6-12(8-14(10)40(36,37)38)22-16-25-19(31)28-20(32)26-16/h1-8H,(H,33,34,35)(H,36,37,38)(H3,21,23,24,27,29,30)(H3,22,25,26,28,31,32). The minimum Gasteiger partial charge on any atom is -0.325 e. The van der Waals surface area contributed by atoms with Gasteiger partial charge in [-0.05, 0) is 35.4 Å². The molecule has 20 heteroatoms. The summed E-state index contributed by atoms with van der Waals surface area (Å²) in [4.78, 5) is 59.3. The van der Waals surface area contributed by atoms with Gasteiger partial charge in [0.2, 0.25) is 11.9 Å². The monoisotopic (exact) mass is 592 g/mol. The molecule has 0 atom stereocenters. The van der Waals surface area contributed by atoms with E-state index in [0.29, 0.717) is 0 Å². The largest absolute Gasteiger partial charge is 0.352 e. The van der Waals surface area contributed by atoms with E-state index < -0.39 is 52.8 Å². The van der Waals surface area contributed by atoms with Gasteiger partial charge in [0.15, 0.2) is 0 Å². The first-order valence-electron chi connectivity index (χ1n) is 10.5. The molecule has 4 rings (SSSR count). The van der Waals surface area contributed by atoms with E-state index in [-0.39, 0.29) is 34.4 Å². The zero-order valence-electron chi connectivity index (χ0n) is 19.5. The van der Waals surface area contributed by atoms with E-state index in [9.17, 15) is 45.1 Å². The lowest BCUT2D eigenvalue weighted by Crippen LogP contribution is -2.25. The first-order valence-corrected chi connectivity index (χ1v) is 13.4. The van der Waals surface area contributed by atoms with Crippen LogP contribution in [0.3, 0.4) is 0 Å². The SMILES string of the molecule is O=c1nc(Nc2ccc(C=Cc3ccc(Nc4nc(=O)[nH]c(=O)[nH]4)cc3S(=O)(=O)O)c(S(=O)(=O)O)c2)[nH]c(=O)[nH]1. The van der Waals surface area contributed by atoms with Gasteiger partial charge in [-0.25, -0.2) is 19.2 Å². The van der Waals surface area contributed by atoms with Crippen molar-refractivity contribution in [1.29, 1.82) is 0 Å². The van der Waals surface area contributed by atoms with Crippen LogP contribution in [0.15, 0.2) is 65.4 Å². The number of anilines is 4. The van der Waals surface area contributed by atoms with Crippen LogP contribution in [0.2, 0.25) is 0 Å². The summed E-state index contributed by atoms with van der Waals surface area (Å²) in [5.41, 5.74) is -3.94. The quantitative estimate of drug-likeness (QED) is 0.0934. The molecule has 2 aromatic heterocycles. The Labute approximate surface area is 221 Å². The van der Waals surface area contributed by atoms with Crippen molar-refractivity contribution in [3.63, 3.8) is 0 Å². The Morgan fingerprint density at radius 2 is 1.00 bits per heavy atom. The molecular formula is C20H16N8O10S2. The third-order valence-corrected chi connectivity index (χ3v) is 6.70. The van der Waals surface area contributed by atoms with E-state index >= 15 is 0 Å². The average Bonchev–Trinajstić information content (AvgIpc) is 2.81. The molecule has 0 radical (unpaired) electrons. The molecule has 208 valence electrons. The molecule has 0 saturated carbocycles. The Morgan fingerprint density at radius 3 is 1.32 bits per heavy atom. The fourth-order valence-electron chi connectivity index (χ4n) is 3.30. The Hall–Kier alpha value is -5.18. The second-order valence-electron chi connectivity index (χ2n) is 7.73. The number of H-pyrrole nitrogens is 4. The molecule has 0 bridgehead atoms. The summed E-state index contributed by atoms with van der Waals surface area (Å²) in [7, 11) is -9.70. The summed E-state index contributed by atoms with van der Waals surface area (Å²) >= 11 is 0. The average molecular weight is 593 g/mol. The normalized spacial score (nSPS) is 11.9. The highest BCUT2D eigenvalue weighted by Crippen LogP contribution is 2.27. The highest BCUT2D eigenvalue weighted by atomic mass is 32.2. The van der Waals surface area contributed by atoms with Crippen molar-refractivity contribution in [2.24, 2.45) is 0 Å². The summed E-state index contributed by atoms with van der Waals surface area (Å²) in [6.07, 6.45) is 2.26. The maximum absolute atomic E-state index is 12.0. The molecule has 0 saturated heterocycles. The minimum absolute atomic E-state index is 0.000947. The second kappa shape index (κ2) is 10.5. The fourth-order valence-corrected chi connectivity index (χ4v) is 4.72. The number of aromatic amines is 4. The van der Waals surface area contributed by atoms with Gasteiger partial charge < -0.3 is 10.6 Å². The summed E-state index contributed by atoms with van der Waals surface area (Å²) in [6, 6.07) is 6.96. The lowest BCUT2D eigenvalue weighted by Gasteiger charge is -2.10. The van der Waals surface area contributed by atoms with Crippen LogP contribution in [0, 0.1) is 0 Å². The summed E-state index contributed by atoms with van der Waals surface area (Å²) in [6.45, 7) is 0. The van der Waals surface area contributed by atoms with E-state index in [1.54, 1.807) is 0 Å². The molecule has 0 unspecified atom stereocenters. The van der Waals surface area contributed by atoms with Crippen molar-refractivity contribution in [3.8, 4) is 0 Å². The van der Waals surface area contributed by atoms with Gasteiger partial charge in [0, 0.05) is 11.4 Å². The maximum atomic E-state index is 12.0. The van der Waals surface area contributed by atoms with Gasteiger partial charge in [0.25, 0.3) is 20.2 Å². The highest BCUT2D eigenvalue weighted by molar-refractivity contribution is 7.86. The molecule has 8 N–H and O–H groups in total. The number of rotatable bonds is 8. The Morgan fingerprint density at radius 1 is 0.625 bits per heavy atom. The number of hydrogen-bond acceptors (Lipinski definition) is 12. The minimum atomic E-state index is -4.85. The van der Waals surface area contributed by atoms with Crippen LogP contribution < -0.4 is 33.4 Å². The molecule has 0 aliphatic carbocycles. The van der Waals surface area contributed by atoms with Crippen LogP contribution >= 0.6 is 0 Å². The lowest BCUT2D eigenvalue weighted by molar-refractivity contribution is 0.480. The molecule has 0 amide bonds. The smallest absolute Gasteiger partial charge is 0.325 e. The van der Waals surface area contributed by atoms with E-state index in [2.05, 4.69) is 30.6 Å². The molecule has 4 aromatic rings. The number of nitrogens with one attached hydrogen (secondary N) is 6. The molecule has 18 nitrogen and oxygen atoms in total. The van der Waals surface area contributed by atoms with Crippen LogP contribution in [0.25, 0.3) is 12.2 Å². The zero-order chi connectivity index (χ0) is 29.2.